The number of hydrogen-bond acceptors (Lipinski definition) is 9. The molecule has 0 bridgehead atoms. The molecule has 262 valence electrons. The predicted octanol–water partition coefficient (Wildman–Crippen LogP) is 3.74. The fraction of sp³-hybridized carbons (Fsp3) is 0.543. The number of esters is 1. The van der Waals surface area contributed by atoms with Gasteiger partial charge < -0.3 is 20.5 Å². The number of imide groups is 1. The lowest BCUT2D eigenvalue weighted by atomic mass is 9.89. The average molecular weight is 670 g/mol. The summed E-state index contributed by atoms with van der Waals surface area (Å²) >= 11 is 0. The van der Waals surface area contributed by atoms with Crippen molar-refractivity contribution in [3.05, 3.63) is 42.0 Å². The summed E-state index contributed by atoms with van der Waals surface area (Å²) in [5.41, 5.74) is 1.11. The molecule has 0 aliphatic carbocycles. The summed E-state index contributed by atoms with van der Waals surface area (Å²) in [6, 6.07) is 5.54. The van der Waals surface area contributed by atoms with Crippen LogP contribution >= 0.6 is 0 Å². The number of ketones is 2. The van der Waals surface area contributed by atoms with Crippen LogP contribution in [0.15, 0.2) is 36.4 Å². The minimum absolute atomic E-state index is 0.00124. The van der Waals surface area contributed by atoms with Gasteiger partial charge in [0.2, 0.25) is 11.8 Å². The number of carbonyl (C=O) groups is 8. The van der Waals surface area contributed by atoms with Crippen LogP contribution in [0.3, 0.4) is 0 Å². The van der Waals surface area contributed by atoms with E-state index in [1.807, 2.05) is 13.8 Å². The molecule has 3 N–H and O–H groups in total. The van der Waals surface area contributed by atoms with Crippen LogP contribution in [-0.2, 0) is 49.7 Å². The molecule has 0 spiro atoms. The number of aliphatic carboxylic acids is 1. The maximum atomic E-state index is 13.2. The van der Waals surface area contributed by atoms with Crippen LogP contribution in [-0.4, -0.2) is 69.7 Å². The van der Waals surface area contributed by atoms with Gasteiger partial charge in [-0.1, -0.05) is 32.4 Å². The molecule has 48 heavy (non-hydrogen) atoms. The molecule has 0 radical (unpaired) electrons. The number of benzene rings is 1. The Morgan fingerprint density at radius 1 is 0.833 bits per heavy atom. The number of Topliss-reactive ketones (excluding diaryl/α,β-unsaturated/α-hetero) is 2. The number of nitrogens with one attached hydrogen (secondary N) is 2. The van der Waals surface area contributed by atoms with Gasteiger partial charge in [0.1, 0.15) is 12.4 Å². The molecule has 0 saturated carbocycles. The third-order valence-corrected chi connectivity index (χ3v) is 7.87. The normalized spacial score (nSPS) is 14.4. The van der Waals surface area contributed by atoms with Crippen molar-refractivity contribution in [1.82, 2.24) is 10.2 Å². The first-order chi connectivity index (χ1) is 22.7. The molecule has 13 nitrogen and oxygen atoms in total. The molecule has 1 aromatic rings. The van der Waals surface area contributed by atoms with E-state index in [-0.39, 0.29) is 68.8 Å². The maximum absolute atomic E-state index is 13.2. The van der Waals surface area contributed by atoms with Crippen LogP contribution in [0.4, 0.5) is 5.69 Å². The summed E-state index contributed by atoms with van der Waals surface area (Å²) in [6.07, 6.45) is 4.14. The summed E-state index contributed by atoms with van der Waals surface area (Å²) in [6.45, 7) is 6.99. The molecule has 0 aromatic heterocycles. The lowest BCUT2D eigenvalue weighted by molar-refractivity contribution is -0.142. The molecule has 3 atom stereocenters. The highest BCUT2D eigenvalue weighted by Gasteiger charge is 2.29. The Kier molecular flexibility index (Phi) is 16.3. The second-order valence-electron chi connectivity index (χ2n) is 12.5. The molecule has 0 unspecified atom stereocenters. The number of anilines is 1. The topological polar surface area (TPSA) is 193 Å². The van der Waals surface area contributed by atoms with Gasteiger partial charge in [-0.3, -0.25) is 43.3 Å². The minimum atomic E-state index is -1.12. The van der Waals surface area contributed by atoms with Crippen LogP contribution < -0.4 is 10.6 Å². The Balaban J connectivity index is 1.92. The fourth-order valence-electron chi connectivity index (χ4n) is 5.22. The molecule has 2 rings (SSSR count). The number of ether oxygens (including phenoxy) is 1. The Bertz CT molecular complexity index is 1350. The van der Waals surface area contributed by atoms with Gasteiger partial charge in [0, 0.05) is 68.8 Å². The van der Waals surface area contributed by atoms with E-state index >= 15 is 0 Å². The van der Waals surface area contributed by atoms with E-state index < -0.39 is 47.4 Å². The first-order valence-corrected chi connectivity index (χ1v) is 16.3. The Morgan fingerprint density at radius 3 is 2.06 bits per heavy atom. The summed E-state index contributed by atoms with van der Waals surface area (Å²) in [5.74, 6) is -5.31. The van der Waals surface area contributed by atoms with Gasteiger partial charge in [-0.2, -0.15) is 0 Å². The number of rotatable bonds is 22. The van der Waals surface area contributed by atoms with Crippen molar-refractivity contribution in [2.45, 2.75) is 98.1 Å². The van der Waals surface area contributed by atoms with Crippen molar-refractivity contribution in [2.75, 3.05) is 11.9 Å². The third-order valence-electron chi connectivity index (χ3n) is 7.87. The molecule has 1 heterocycles. The van der Waals surface area contributed by atoms with Gasteiger partial charge in [0.05, 0.1) is 6.04 Å². The summed E-state index contributed by atoms with van der Waals surface area (Å²) < 4.78 is 4.94. The molecule has 1 aromatic carbocycles. The quantitative estimate of drug-likeness (QED) is 0.0930. The Morgan fingerprint density at radius 2 is 1.48 bits per heavy atom. The first kappa shape index (κ1) is 39.5. The summed E-state index contributed by atoms with van der Waals surface area (Å²) in [7, 11) is 0. The van der Waals surface area contributed by atoms with E-state index in [0.717, 1.165) is 4.90 Å². The number of carboxylic acids is 1. The van der Waals surface area contributed by atoms with Crippen LogP contribution in [0.1, 0.15) is 91.0 Å². The number of amides is 4. The SMILES string of the molecule is CC(=O)OCc1ccc(NC(=O)[C@H](CCC(=O)O)CC(=O)[C@H](C)NC(=O)[C@H](CC(=O)CCCCCN2C(=O)C=CC2=O)CC(C)C)cc1. The number of hydrogen-bond donors (Lipinski definition) is 3. The number of carboxylic acid groups (broad SMARTS) is 1. The molecular formula is C35H47N3O10. The minimum Gasteiger partial charge on any atom is -0.481 e. The van der Waals surface area contributed by atoms with Gasteiger partial charge in [-0.15, -0.1) is 0 Å². The van der Waals surface area contributed by atoms with Gasteiger partial charge >= 0.3 is 11.9 Å². The molecule has 0 saturated heterocycles. The van der Waals surface area contributed by atoms with Crippen LogP contribution in [0.2, 0.25) is 0 Å². The van der Waals surface area contributed by atoms with Crippen LogP contribution in [0, 0.1) is 17.8 Å². The highest BCUT2D eigenvalue weighted by molar-refractivity contribution is 6.12. The highest BCUT2D eigenvalue weighted by atomic mass is 16.5. The zero-order valence-corrected chi connectivity index (χ0v) is 28.1. The predicted molar refractivity (Wildman–Crippen MR) is 175 cm³/mol. The lowest BCUT2D eigenvalue weighted by Gasteiger charge is -2.22. The molecule has 4 amide bonds. The molecule has 1 aliphatic heterocycles. The average Bonchev–Trinajstić information content (AvgIpc) is 3.33. The van der Waals surface area contributed by atoms with Crippen molar-refractivity contribution >= 4 is 52.8 Å². The summed E-state index contributed by atoms with van der Waals surface area (Å²) in [4.78, 5) is 99.0. The van der Waals surface area contributed by atoms with E-state index in [4.69, 9.17) is 4.74 Å². The van der Waals surface area contributed by atoms with E-state index in [9.17, 15) is 43.5 Å². The smallest absolute Gasteiger partial charge is 0.303 e. The van der Waals surface area contributed by atoms with Crippen LogP contribution in [0.25, 0.3) is 0 Å². The van der Waals surface area contributed by atoms with Gasteiger partial charge in [-0.05, 0) is 56.2 Å². The van der Waals surface area contributed by atoms with E-state index in [2.05, 4.69) is 10.6 Å². The second-order valence-corrected chi connectivity index (χ2v) is 12.5. The highest BCUT2D eigenvalue weighted by Crippen LogP contribution is 2.21. The molecule has 1 aliphatic rings. The van der Waals surface area contributed by atoms with E-state index in [0.29, 0.717) is 36.9 Å². The van der Waals surface area contributed by atoms with Crippen molar-refractivity contribution < 1.29 is 48.2 Å². The number of nitrogens with zero attached hydrogens (tertiary/aromatic N) is 1. The fourth-order valence-corrected chi connectivity index (χ4v) is 5.22. The van der Waals surface area contributed by atoms with Crippen molar-refractivity contribution in [3.8, 4) is 0 Å². The van der Waals surface area contributed by atoms with E-state index in [1.165, 1.54) is 26.0 Å². The molecular weight excluding hydrogens is 622 g/mol. The second kappa shape index (κ2) is 19.9. The summed E-state index contributed by atoms with van der Waals surface area (Å²) in [5, 5.41) is 14.6. The Labute approximate surface area is 280 Å². The standard InChI is InChI=1S/C35H47N3O10/c1-22(2)18-27(19-29(40)8-6-5-7-17-38-31(42)14-15-32(38)43)35(47)36-23(3)30(41)20-26(11-16-33(44)45)34(46)37-28-12-9-25(10-13-28)21-48-24(4)39/h9-10,12-15,22-23,26-27H,5-8,11,16-21H2,1-4H3,(H,36,47)(H,37,46)(H,44,45)/t23-,26+,27-/m0/s1. The third kappa shape index (κ3) is 14.4. The molecule has 13 heteroatoms. The Hall–Kier alpha value is -4.68. The van der Waals surface area contributed by atoms with Crippen LogP contribution in [0.5, 0.6) is 0 Å². The van der Waals surface area contributed by atoms with Gasteiger partial charge in [0.15, 0.2) is 5.78 Å². The van der Waals surface area contributed by atoms with Crippen molar-refractivity contribution in [1.29, 1.82) is 0 Å². The largest absolute Gasteiger partial charge is 0.481 e. The van der Waals surface area contributed by atoms with Crippen molar-refractivity contribution in [3.63, 3.8) is 0 Å². The number of unbranched alkanes of at least 4 members (excludes halogenated alkanes) is 2. The number of carbonyl (C=O) groups excluding carboxylic acids is 7. The van der Waals surface area contributed by atoms with Crippen molar-refractivity contribution in [2.24, 2.45) is 17.8 Å². The zero-order valence-electron chi connectivity index (χ0n) is 28.1. The van der Waals surface area contributed by atoms with E-state index in [1.54, 1.807) is 24.3 Å². The maximum Gasteiger partial charge on any atom is 0.303 e. The van der Waals surface area contributed by atoms with Gasteiger partial charge in [-0.25, -0.2) is 0 Å². The monoisotopic (exact) mass is 669 g/mol. The lowest BCUT2D eigenvalue weighted by Crippen LogP contribution is -2.43. The van der Waals surface area contributed by atoms with Gasteiger partial charge in [0.25, 0.3) is 11.8 Å². The first-order valence-electron chi connectivity index (χ1n) is 16.3. The molecule has 0 fully saturated rings. The zero-order chi connectivity index (χ0) is 35.8.